The Morgan fingerprint density at radius 2 is 1.57 bits per heavy atom. The molecule has 7 heteroatoms. The molecule has 0 unspecified atom stereocenters. The van der Waals surface area contributed by atoms with Gasteiger partial charge in [-0.2, -0.15) is 0 Å². The van der Waals surface area contributed by atoms with Crippen LogP contribution >= 0.6 is 0 Å². The van der Waals surface area contributed by atoms with Crippen molar-refractivity contribution in [3.8, 4) is 0 Å². The summed E-state index contributed by atoms with van der Waals surface area (Å²) in [5.74, 6) is -0.226. The van der Waals surface area contributed by atoms with Crippen LogP contribution in [0.1, 0.15) is 32.9 Å². The molecule has 2 rings (SSSR count). The maximum absolute atomic E-state index is 12.5. The monoisotopic (exact) mass is 333 g/mol. The molecule has 1 heterocycles. The molecule has 0 radical (unpaired) electrons. The van der Waals surface area contributed by atoms with Gasteiger partial charge >= 0.3 is 0 Å². The zero-order valence-corrected chi connectivity index (χ0v) is 14.6. The van der Waals surface area contributed by atoms with Gasteiger partial charge in [0.2, 0.25) is 5.95 Å². The van der Waals surface area contributed by atoms with Gasteiger partial charge < -0.3 is 0 Å². The Balaban J connectivity index is 2.45. The van der Waals surface area contributed by atoms with Gasteiger partial charge in [-0.05, 0) is 57.0 Å². The first-order valence-electron chi connectivity index (χ1n) is 7.03. The third-order valence-electron chi connectivity index (χ3n) is 3.52. The van der Waals surface area contributed by atoms with Crippen molar-refractivity contribution in [1.82, 2.24) is 9.97 Å². The van der Waals surface area contributed by atoms with Crippen molar-refractivity contribution in [3.05, 3.63) is 46.3 Å². The van der Waals surface area contributed by atoms with Crippen molar-refractivity contribution in [1.29, 1.82) is 0 Å². The number of aromatic nitrogens is 2. The van der Waals surface area contributed by atoms with Crippen molar-refractivity contribution in [3.63, 3.8) is 0 Å². The van der Waals surface area contributed by atoms with E-state index in [1.165, 1.54) is 6.07 Å². The minimum Gasteiger partial charge on any atom is -0.290 e. The van der Waals surface area contributed by atoms with E-state index in [1.54, 1.807) is 26.0 Å². The SMILES string of the molecule is Cc1cc(C)nc(NC(=O)c2cc(S(C)(=O)=O)cc(C)c2C)n1. The molecule has 6 nitrogen and oxygen atoms in total. The van der Waals surface area contributed by atoms with Crippen molar-refractivity contribution in [2.45, 2.75) is 32.6 Å². The number of aryl methyl sites for hydroxylation is 3. The predicted molar refractivity (Wildman–Crippen MR) is 88.5 cm³/mol. The molecule has 0 bridgehead atoms. The van der Waals surface area contributed by atoms with Crippen molar-refractivity contribution in [2.24, 2.45) is 0 Å². The molecule has 122 valence electrons. The Morgan fingerprint density at radius 1 is 1.00 bits per heavy atom. The number of nitrogens with zero attached hydrogens (tertiary/aromatic N) is 2. The molecule has 0 saturated carbocycles. The molecule has 1 aromatic carbocycles. The summed E-state index contributed by atoms with van der Waals surface area (Å²) in [6.45, 7) is 7.17. The summed E-state index contributed by atoms with van der Waals surface area (Å²) in [7, 11) is -3.40. The van der Waals surface area contributed by atoms with Crippen molar-refractivity contribution < 1.29 is 13.2 Å². The fourth-order valence-corrected chi connectivity index (χ4v) is 2.95. The highest BCUT2D eigenvalue weighted by Crippen LogP contribution is 2.21. The van der Waals surface area contributed by atoms with Gasteiger partial charge in [-0.25, -0.2) is 18.4 Å². The molecule has 0 atom stereocenters. The molecule has 1 aromatic heterocycles. The minimum absolute atomic E-state index is 0.118. The summed E-state index contributed by atoms with van der Waals surface area (Å²) < 4.78 is 23.5. The predicted octanol–water partition coefficient (Wildman–Crippen LogP) is 2.37. The zero-order valence-electron chi connectivity index (χ0n) is 13.8. The lowest BCUT2D eigenvalue weighted by atomic mass is 10.0. The van der Waals surface area contributed by atoms with E-state index in [2.05, 4.69) is 15.3 Å². The van der Waals surface area contributed by atoms with Gasteiger partial charge in [0, 0.05) is 23.2 Å². The van der Waals surface area contributed by atoms with E-state index < -0.39 is 15.7 Å². The quantitative estimate of drug-likeness (QED) is 0.931. The lowest BCUT2D eigenvalue weighted by Crippen LogP contribution is -2.17. The molecular formula is C16H19N3O3S. The largest absolute Gasteiger partial charge is 0.290 e. The second-order valence-electron chi connectivity index (χ2n) is 5.61. The van der Waals surface area contributed by atoms with E-state index >= 15 is 0 Å². The van der Waals surface area contributed by atoms with Gasteiger partial charge in [0.15, 0.2) is 9.84 Å². The molecule has 1 amide bonds. The summed E-state index contributed by atoms with van der Waals surface area (Å²) in [5.41, 5.74) is 3.24. The number of rotatable bonds is 3. The number of benzene rings is 1. The first-order chi connectivity index (χ1) is 10.6. The Morgan fingerprint density at radius 3 is 2.09 bits per heavy atom. The van der Waals surface area contributed by atoms with Crippen LogP contribution in [-0.4, -0.2) is 30.5 Å². The number of sulfone groups is 1. The molecule has 2 aromatic rings. The van der Waals surface area contributed by atoms with E-state index in [0.717, 1.165) is 28.8 Å². The number of anilines is 1. The number of hydrogen-bond acceptors (Lipinski definition) is 5. The van der Waals surface area contributed by atoms with Gasteiger partial charge in [0.1, 0.15) is 0 Å². The van der Waals surface area contributed by atoms with Gasteiger partial charge in [-0.3, -0.25) is 10.1 Å². The number of nitrogens with one attached hydrogen (secondary N) is 1. The summed E-state index contributed by atoms with van der Waals surface area (Å²) in [6.07, 6.45) is 1.12. The highest BCUT2D eigenvalue weighted by Gasteiger charge is 2.17. The van der Waals surface area contributed by atoms with E-state index in [1.807, 2.05) is 13.8 Å². The third kappa shape index (κ3) is 3.92. The Kier molecular flexibility index (Phi) is 4.51. The molecule has 0 saturated heterocycles. The number of hydrogen-bond donors (Lipinski definition) is 1. The van der Waals surface area contributed by atoms with E-state index in [9.17, 15) is 13.2 Å². The highest BCUT2D eigenvalue weighted by molar-refractivity contribution is 7.90. The molecule has 0 aliphatic heterocycles. The molecule has 0 spiro atoms. The second-order valence-corrected chi connectivity index (χ2v) is 7.63. The molecule has 23 heavy (non-hydrogen) atoms. The first-order valence-corrected chi connectivity index (χ1v) is 8.92. The van der Waals surface area contributed by atoms with Gasteiger partial charge in [0.05, 0.1) is 4.90 Å². The molecule has 0 aliphatic rings. The Bertz CT molecular complexity index is 869. The van der Waals surface area contributed by atoms with Crippen LogP contribution in [0.5, 0.6) is 0 Å². The lowest BCUT2D eigenvalue weighted by Gasteiger charge is -2.11. The van der Waals surface area contributed by atoms with Crippen LogP contribution < -0.4 is 5.32 Å². The van der Waals surface area contributed by atoms with Crippen LogP contribution in [0.25, 0.3) is 0 Å². The van der Waals surface area contributed by atoms with Crippen LogP contribution in [0.3, 0.4) is 0 Å². The standard InChI is InChI=1S/C16H19N3O3S/c1-9-6-13(23(5,21)22)8-14(12(9)4)15(20)19-16-17-10(2)7-11(3)18-16/h6-8H,1-5H3,(H,17,18,19,20). The fraction of sp³-hybridized carbons (Fsp3) is 0.312. The molecule has 0 fully saturated rings. The van der Waals surface area contributed by atoms with Gasteiger partial charge in [-0.1, -0.05) is 0 Å². The summed E-state index contributed by atoms with van der Waals surface area (Å²) in [4.78, 5) is 20.9. The average molecular weight is 333 g/mol. The average Bonchev–Trinajstić information content (AvgIpc) is 2.39. The van der Waals surface area contributed by atoms with Gasteiger partial charge in [-0.15, -0.1) is 0 Å². The number of carbonyl (C=O) groups is 1. The zero-order chi connectivity index (χ0) is 17.4. The van der Waals surface area contributed by atoms with Crippen molar-refractivity contribution in [2.75, 3.05) is 11.6 Å². The number of carbonyl (C=O) groups excluding carboxylic acids is 1. The summed E-state index contributed by atoms with van der Waals surface area (Å²) in [5, 5.41) is 2.63. The number of amides is 1. The normalized spacial score (nSPS) is 11.3. The van der Waals surface area contributed by atoms with Crippen LogP contribution in [0, 0.1) is 27.7 Å². The Labute approximate surface area is 135 Å². The topological polar surface area (TPSA) is 89.0 Å². The fourth-order valence-electron chi connectivity index (χ4n) is 2.23. The smallest absolute Gasteiger partial charge is 0.258 e. The van der Waals surface area contributed by atoms with Gasteiger partial charge in [0.25, 0.3) is 5.91 Å². The molecule has 1 N–H and O–H groups in total. The highest BCUT2D eigenvalue weighted by atomic mass is 32.2. The van der Waals surface area contributed by atoms with Crippen LogP contribution in [0.4, 0.5) is 5.95 Å². The van der Waals surface area contributed by atoms with Crippen LogP contribution in [0.2, 0.25) is 0 Å². The first kappa shape index (κ1) is 17.1. The lowest BCUT2D eigenvalue weighted by molar-refractivity contribution is 0.102. The summed E-state index contributed by atoms with van der Waals surface area (Å²) >= 11 is 0. The van der Waals surface area contributed by atoms with E-state index in [4.69, 9.17) is 0 Å². The van der Waals surface area contributed by atoms with Crippen LogP contribution in [0.15, 0.2) is 23.1 Å². The van der Waals surface area contributed by atoms with Crippen LogP contribution in [-0.2, 0) is 9.84 Å². The second kappa shape index (κ2) is 6.08. The molecule has 0 aliphatic carbocycles. The van der Waals surface area contributed by atoms with E-state index in [0.29, 0.717) is 5.56 Å². The van der Waals surface area contributed by atoms with E-state index in [-0.39, 0.29) is 10.8 Å². The Hall–Kier alpha value is -2.28. The summed E-state index contributed by atoms with van der Waals surface area (Å²) in [6, 6.07) is 4.75. The maximum Gasteiger partial charge on any atom is 0.258 e. The molecular weight excluding hydrogens is 314 g/mol. The third-order valence-corrected chi connectivity index (χ3v) is 4.61. The maximum atomic E-state index is 12.5. The minimum atomic E-state index is -3.40. The van der Waals surface area contributed by atoms with Crippen molar-refractivity contribution >= 4 is 21.7 Å².